The van der Waals surface area contributed by atoms with E-state index < -0.39 is 5.97 Å². The zero-order valence-electron chi connectivity index (χ0n) is 14.9. The summed E-state index contributed by atoms with van der Waals surface area (Å²) >= 11 is 7.93. The van der Waals surface area contributed by atoms with Crippen LogP contribution in [0.5, 0.6) is 0 Å². The summed E-state index contributed by atoms with van der Waals surface area (Å²) in [7, 11) is 0. The Kier molecular flexibility index (Phi) is 6.64. The van der Waals surface area contributed by atoms with Crippen LogP contribution in [0.4, 0.5) is 0 Å². The largest absolute Gasteiger partial charge is 0.480 e. The van der Waals surface area contributed by atoms with E-state index in [1.54, 1.807) is 11.3 Å². The van der Waals surface area contributed by atoms with Gasteiger partial charge >= 0.3 is 5.97 Å². The lowest BCUT2D eigenvalue weighted by Gasteiger charge is -2.37. The summed E-state index contributed by atoms with van der Waals surface area (Å²) in [5.41, 5.74) is 1.91. The molecular formula is C19H24ClN3O2S. The molecule has 26 heavy (non-hydrogen) atoms. The van der Waals surface area contributed by atoms with Gasteiger partial charge in [0.25, 0.3) is 0 Å². The minimum absolute atomic E-state index is 0.134. The maximum atomic E-state index is 11.0. The Hall–Kier alpha value is -1.47. The van der Waals surface area contributed by atoms with Gasteiger partial charge in [0.1, 0.15) is 5.01 Å². The number of benzene rings is 1. The molecular weight excluding hydrogens is 370 g/mol. The van der Waals surface area contributed by atoms with E-state index in [9.17, 15) is 4.79 Å². The molecule has 5 nitrogen and oxygen atoms in total. The van der Waals surface area contributed by atoms with E-state index in [0.717, 1.165) is 60.3 Å². The van der Waals surface area contributed by atoms with Crippen molar-refractivity contribution in [1.82, 2.24) is 14.8 Å². The molecule has 0 amide bonds. The normalized spacial score (nSPS) is 16.3. The molecule has 0 aliphatic carbocycles. The molecule has 3 rings (SSSR count). The first-order chi connectivity index (χ1) is 12.6. The van der Waals surface area contributed by atoms with Gasteiger partial charge in [0.15, 0.2) is 0 Å². The van der Waals surface area contributed by atoms with Crippen molar-refractivity contribution in [2.45, 2.75) is 32.4 Å². The van der Waals surface area contributed by atoms with Crippen molar-refractivity contribution in [3.63, 3.8) is 0 Å². The predicted molar refractivity (Wildman–Crippen MR) is 106 cm³/mol. The van der Waals surface area contributed by atoms with Crippen LogP contribution in [0.1, 0.15) is 24.8 Å². The first-order valence-electron chi connectivity index (χ1n) is 8.94. The third-order valence-electron chi connectivity index (χ3n) is 4.88. The zero-order valence-corrected chi connectivity index (χ0v) is 16.5. The van der Waals surface area contributed by atoms with Crippen LogP contribution in [0.3, 0.4) is 0 Å². The lowest BCUT2D eigenvalue weighted by Crippen LogP contribution is -2.46. The Labute approximate surface area is 163 Å². The van der Waals surface area contributed by atoms with Crippen LogP contribution in [0.15, 0.2) is 29.6 Å². The van der Waals surface area contributed by atoms with E-state index in [-0.39, 0.29) is 6.54 Å². The van der Waals surface area contributed by atoms with Crippen molar-refractivity contribution in [3.05, 3.63) is 39.7 Å². The number of rotatable bonds is 7. The number of hydrogen-bond donors (Lipinski definition) is 1. The first kappa shape index (κ1) is 19.3. The second-order valence-electron chi connectivity index (χ2n) is 6.57. The molecule has 0 saturated carbocycles. The number of carbonyl (C=O) groups is 1. The number of nitrogens with zero attached hydrogens (tertiary/aromatic N) is 3. The number of hydrogen-bond acceptors (Lipinski definition) is 5. The Morgan fingerprint density at radius 3 is 2.77 bits per heavy atom. The fourth-order valence-corrected chi connectivity index (χ4v) is 4.55. The van der Waals surface area contributed by atoms with Gasteiger partial charge in [0, 0.05) is 35.1 Å². The van der Waals surface area contributed by atoms with Crippen LogP contribution in [0, 0.1) is 0 Å². The van der Waals surface area contributed by atoms with Gasteiger partial charge in [-0.1, -0.05) is 36.7 Å². The molecule has 1 aliphatic heterocycles. The number of carboxylic acids is 1. The van der Waals surface area contributed by atoms with Crippen LogP contribution >= 0.6 is 22.9 Å². The maximum Gasteiger partial charge on any atom is 0.317 e. The molecule has 0 atom stereocenters. The van der Waals surface area contributed by atoms with E-state index in [1.165, 1.54) is 0 Å². The van der Waals surface area contributed by atoms with Crippen molar-refractivity contribution in [1.29, 1.82) is 0 Å². The highest BCUT2D eigenvalue weighted by Gasteiger charge is 2.25. The van der Waals surface area contributed by atoms with Gasteiger partial charge in [-0.2, -0.15) is 0 Å². The third kappa shape index (κ3) is 4.82. The van der Waals surface area contributed by atoms with E-state index >= 15 is 0 Å². The smallest absolute Gasteiger partial charge is 0.317 e. The highest BCUT2D eigenvalue weighted by molar-refractivity contribution is 7.09. The molecule has 0 spiro atoms. The Balaban J connectivity index is 1.55. The van der Waals surface area contributed by atoms with E-state index in [0.29, 0.717) is 6.04 Å². The number of thiazole rings is 1. The molecule has 2 heterocycles. The number of carboxylic acid groups (broad SMARTS) is 1. The maximum absolute atomic E-state index is 11.0. The number of aromatic nitrogens is 1. The average molecular weight is 394 g/mol. The van der Waals surface area contributed by atoms with Crippen molar-refractivity contribution >= 4 is 28.9 Å². The number of likely N-dealkylation sites (N-methyl/N-ethyl adjacent to an activating group) is 1. The molecule has 0 radical (unpaired) electrons. The summed E-state index contributed by atoms with van der Waals surface area (Å²) in [6, 6.07) is 8.14. The summed E-state index contributed by atoms with van der Waals surface area (Å²) in [6.07, 6.45) is 2.01. The Morgan fingerprint density at radius 2 is 2.12 bits per heavy atom. The molecule has 2 aromatic rings. The molecule has 0 unspecified atom stereocenters. The van der Waals surface area contributed by atoms with E-state index in [4.69, 9.17) is 21.7 Å². The number of aliphatic carboxylic acids is 1. The van der Waals surface area contributed by atoms with Gasteiger partial charge in [0.05, 0.1) is 18.8 Å². The number of piperidine rings is 1. The van der Waals surface area contributed by atoms with Gasteiger partial charge in [0.2, 0.25) is 0 Å². The molecule has 140 valence electrons. The summed E-state index contributed by atoms with van der Waals surface area (Å²) in [5.74, 6) is -0.746. The second-order valence-corrected chi connectivity index (χ2v) is 7.92. The highest BCUT2D eigenvalue weighted by atomic mass is 35.5. The van der Waals surface area contributed by atoms with Crippen LogP contribution < -0.4 is 0 Å². The summed E-state index contributed by atoms with van der Waals surface area (Å²) in [6.45, 7) is 5.73. The Morgan fingerprint density at radius 1 is 1.38 bits per heavy atom. The quantitative estimate of drug-likeness (QED) is 0.774. The fourth-order valence-electron chi connectivity index (χ4n) is 3.48. The predicted octanol–water partition coefficient (Wildman–Crippen LogP) is 3.83. The van der Waals surface area contributed by atoms with Gasteiger partial charge in [-0.25, -0.2) is 4.98 Å². The topological polar surface area (TPSA) is 56.7 Å². The van der Waals surface area contributed by atoms with Gasteiger partial charge < -0.3 is 5.11 Å². The minimum Gasteiger partial charge on any atom is -0.480 e. The van der Waals surface area contributed by atoms with Crippen LogP contribution in [-0.4, -0.2) is 58.1 Å². The minimum atomic E-state index is -0.746. The van der Waals surface area contributed by atoms with Crippen molar-refractivity contribution in [2.24, 2.45) is 0 Å². The summed E-state index contributed by atoms with van der Waals surface area (Å²) < 4.78 is 0. The lowest BCUT2D eigenvalue weighted by molar-refractivity contribution is -0.139. The van der Waals surface area contributed by atoms with Crippen LogP contribution in [-0.2, 0) is 11.3 Å². The van der Waals surface area contributed by atoms with Crippen molar-refractivity contribution < 1.29 is 9.90 Å². The zero-order chi connectivity index (χ0) is 18.5. The summed E-state index contributed by atoms with van der Waals surface area (Å²) in [5, 5.41) is 12.9. The second kappa shape index (κ2) is 8.95. The third-order valence-corrected chi connectivity index (χ3v) is 6.04. The SMILES string of the molecule is CCN(CC(=O)O)C1CCN(Cc2nc(-c3ccccc3Cl)cs2)CC1. The lowest BCUT2D eigenvalue weighted by atomic mass is 10.0. The molecule has 1 aliphatic rings. The van der Waals surface area contributed by atoms with Crippen LogP contribution in [0.2, 0.25) is 5.02 Å². The number of halogens is 1. The number of likely N-dealkylation sites (tertiary alicyclic amines) is 1. The molecule has 1 aromatic heterocycles. The fraction of sp³-hybridized carbons (Fsp3) is 0.474. The molecule has 0 bridgehead atoms. The van der Waals surface area contributed by atoms with Gasteiger partial charge in [-0.3, -0.25) is 14.6 Å². The molecule has 7 heteroatoms. The average Bonchev–Trinajstić information content (AvgIpc) is 3.09. The Bertz CT molecular complexity index is 744. The summed E-state index contributed by atoms with van der Waals surface area (Å²) in [4.78, 5) is 20.2. The van der Waals surface area contributed by atoms with Gasteiger partial charge in [-0.05, 0) is 25.5 Å². The molecule has 1 fully saturated rings. The van der Waals surface area contributed by atoms with Crippen molar-refractivity contribution in [2.75, 3.05) is 26.2 Å². The van der Waals surface area contributed by atoms with E-state index in [2.05, 4.69) is 15.2 Å². The first-order valence-corrected chi connectivity index (χ1v) is 10.2. The molecule has 1 aromatic carbocycles. The van der Waals surface area contributed by atoms with Crippen LogP contribution in [0.25, 0.3) is 11.3 Å². The highest BCUT2D eigenvalue weighted by Crippen LogP contribution is 2.29. The standard InChI is InChI=1S/C19H24ClN3O2S/c1-2-23(12-19(24)25)14-7-9-22(10-8-14)11-18-21-17(13-26-18)15-5-3-4-6-16(15)20/h3-6,13-14H,2,7-12H2,1H3,(H,24,25). The monoisotopic (exact) mass is 393 g/mol. The van der Waals surface area contributed by atoms with Crippen molar-refractivity contribution in [3.8, 4) is 11.3 Å². The molecule has 1 N–H and O–H groups in total. The molecule has 1 saturated heterocycles. The van der Waals surface area contributed by atoms with E-state index in [1.807, 2.05) is 31.2 Å². The van der Waals surface area contributed by atoms with Gasteiger partial charge in [-0.15, -0.1) is 11.3 Å².